The van der Waals surface area contributed by atoms with E-state index >= 15 is 0 Å². The number of aromatic nitrogens is 3. The van der Waals surface area contributed by atoms with Crippen molar-refractivity contribution in [2.45, 2.75) is 0 Å². The number of para-hydroxylation sites is 1. The van der Waals surface area contributed by atoms with Crippen molar-refractivity contribution in [2.24, 2.45) is 0 Å². The maximum Gasteiger partial charge on any atom is 0.358 e. The fourth-order valence-corrected chi connectivity index (χ4v) is 1.51. The molecule has 0 unspecified atom stereocenters. The third kappa shape index (κ3) is 2.52. The van der Waals surface area contributed by atoms with Gasteiger partial charge in [-0.25, -0.2) is 9.78 Å². The minimum Gasteiger partial charge on any atom is -0.424 e. The Morgan fingerprint density at radius 3 is 2.68 bits per heavy atom. The summed E-state index contributed by atoms with van der Waals surface area (Å²) in [5.41, 5.74) is -0.441. The summed E-state index contributed by atoms with van der Waals surface area (Å²) in [6, 6.07) is 12.3. The van der Waals surface area contributed by atoms with Crippen LogP contribution < -0.4 is 10.4 Å². The second-order valence-corrected chi connectivity index (χ2v) is 3.66. The largest absolute Gasteiger partial charge is 0.424 e. The average molecular weight is 255 g/mol. The second-order valence-electron chi connectivity index (χ2n) is 3.66. The van der Waals surface area contributed by atoms with Crippen molar-refractivity contribution in [2.75, 3.05) is 0 Å². The van der Waals surface area contributed by atoms with Crippen molar-refractivity contribution in [1.29, 1.82) is 0 Å². The summed E-state index contributed by atoms with van der Waals surface area (Å²) in [6.45, 7) is 0. The van der Waals surface area contributed by atoms with E-state index in [2.05, 4.69) is 9.97 Å². The van der Waals surface area contributed by atoms with Gasteiger partial charge in [0.1, 0.15) is 5.75 Å². The summed E-state index contributed by atoms with van der Waals surface area (Å²) in [4.78, 5) is 19.1. The van der Waals surface area contributed by atoms with Gasteiger partial charge in [0.2, 0.25) is 0 Å². The normalized spacial score (nSPS) is 10.3. The van der Waals surface area contributed by atoms with Crippen molar-refractivity contribution in [1.82, 2.24) is 14.7 Å². The van der Waals surface area contributed by atoms with Crippen molar-refractivity contribution in [3.63, 3.8) is 0 Å². The van der Waals surface area contributed by atoms with Crippen LogP contribution in [0.15, 0.2) is 64.2 Å². The molecule has 0 spiro atoms. The lowest BCUT2D eigenvalue weighted by Gasteiger charge is -2.04. The van der Waals surface area contributed by atoms with Gasteiger partial charge in [-0.2, -0.15) is 9.72 Å². The summed E-state index contributed by atoms with van der Waals surface area (Å²) in [6.07, 6.45) is 3.01. The molecule has 0 saturated carbocycles. The van der Waals surface area contributed by atoms with Crippen LogP contribution in [0.4, 0.5) is 0 Å². The minimum absolute atomic E-state index is 0.181. The molecule has 0 N–H and O–H groups in total. The lowest BCUT2D eigenvalue weighted by molar-refractivity contribution is 0.316. The van der Waals surface area contributed by atoms with Gasteiger partial charge in [0.05, 0.1) is 6.20 Å². The topological polar surface area (TPSA) is 70.2 Å². The molecule has 0 radical (unpaired) electrons. The molecule has 0 saturated heterocycles. The molecule has 6 heteroatoms. The van der Waals surface area contributed by atoms with Gasteiger partial charge in [0.15, 0.2) is 5.82 Å². The Morgan fingerprint density at radius 1 is 1.11 bits per heavy atom. The maximum atomic E-state index is 11.0. The number of ether oxygens (including phenoxy) is 1. The summed E-state index contributed by atoms with van der Waals surface area (Å²) in [5, 5.41) is 0. The number of rotatable bonds is 3. The number of hydrogen-bond acceptors (Lipinski definition) is 5. The van der Waals surface area contributed by atoms with Crippen molar-refractivity contribution in [3.05, 3.63) is 65.3 Å². The van der Waals surface area contributed by atoms with Crippen LogP contribution in [0.3, 0.4) is 0 Å². The first-order valence-electron chi connectivity index (χ1n) is 5.56. The Labute approximate surface area is 107 Å². The van der Waals surface area contributed by atoms with Gasteiger partial charge in [-0.1, -0.05) is 18.2 Å². The SMILES string of the molecule is O=c1ccn(-c2ccnc(Oc3ccccc3)n2)o1. The Bertz CT molecular complexity index is 734. The zero-order valence-corrected chi connectivity index (χ0v) is 9.76. The summed E-state index contributed by atoms with van der Waals surface area (Å²) in [7, 11) is 0. The zero-order valence-electron chi connectivity index (χ0n) is 9.76. The van der Waals surface area contributed by atoms with Crippen molar-refractivity contribution in [3.8, 4) is 17.6 Å². The van der Waals surface area contributed by atoms with Crippen LogP contribution in [-0.4, -0.2) is 14.7 Å². The highest BCUT2D eigenvalue weighted by molar-refractivity contribution is 5.26. The first kappa shape index (κ1) is 11.2. The lowest BCUT2D eigenvalue weighted by atomic mass is 10.3. The van der Waals surface area contributed by atoms with E-state index in [1.165, 1.54) is 23.2 Å². The zero-order chi connectivity index (χ0) is 13.1. The van der Waals surface area contributed by atoms with Gasteiger partial charge in [-0.3, -0.25) is 0 Å². The highest BCUT2D eigenvalue weighted by Gasteiger charge is 2.05. The first-order chi connectivity index (χ1) is 9.31. The number of benzene rings is 1. The Balaban J connectivity index is 1.90. The van der Waals surface area contributed by atoms with E-state index in [9.17, 15) is 4.79 Å². The Hall–Kier alpha value is -2.89. The molecule has 2 aromatic heterocycles. The van der Waals surface area contributed by atoms with Gasteiger partial charge in [0, 0.05) is 18.3 Å². The molecule has 0 aliphatic carbocycles. The molecule has 2 heterocycles. The van der Waals surface area contributed by atoms with E-state index in [1.54, 1.807) is 18.2 Å². The molecule has 0 fully saturated rings. The van der Waals surface area contributed by atoms with Crippen LogP contribution in [-0.2, 0) is 0 Å². The van der Waals surface area contributed by atoms with Crippen molar-refractivity contribution >= 4 is 0 Å². The second kappa shape index (κ2) is 4.77. The Morgan fingerprint density at radius 2 is 1.95 bits per heavy atom. The van der Waals surface area contributed by atoms with Crippen LogP contribution in [0.5, 0.6) is 11.8 Å². The van der Waals surface area contributed by atoms with E-state index in [4.69, 9.17) is 9.26 Å². The molecule has 0 aliphatic heterocycles. The van der Waals surface area contributed by atoms with E-state index in [0.717, 1.165) is 0 Å². The van der Waals surface area contributed by atoms with Gasteiger partial charge in [-0.15, -0.1) is 0 Å². The molecular formula is C13H9N3O3. The molecule has 19 heavy (non-hydrogen) atoms. The minimum atomic E-state index is -0.441. The molecule has 0 atom stereocenters. The van der Waals surface area contributed by atoms with Crippen molar-refractivity contribution < 1.29 is 9.26 Å². The highest BCUT2D eigenvalue weighted by Crippen LogP contribution is 2.17. The quantitative estimate of drug-likeness (QED) is 0.716. The van der Waals surface area contributed by atoms with Crippen LogP contribution in [0.2, 0.25) is 0 Å². The third-order valence-corrected chi connectivity index (χ3v) is 2.33. The summed E-state index contributed by atoms with van der Waals surface area (Å²) < 4.78 is 11.6. The molecular weight excluding hydrogens is 246 g/mol. The molecule has 6 nitrogen and oxygen atoms in total. The van der Waals surface area contributed by atoms with E-state index in [1.807, 2.05) is 18.2 Å². The molecule has 1 aromatic carbocycles. The van der Waals surface area contributed by atoms with E-state index < -0.39 is 5.63 Å². The Kier molecular flexibility index (Phi) is 2.82. The fraction of sp³-hybridized carbons (Fsp3) is 0. The number of nitrogens with zero attached hydrogens (tertiary/aromatic N) is 3. The lowest BCUT2D eigenvalue weighted by Crippen LogP contribution is -1.99. The van der Waals surface area contributed by atoms with Gasteiger partial charge in [-0.05, 0) is 12.1 Å². The molecule has 0 aliphatic rings. The van der Waals surface area contributed by atoms with Crippen LogP contribution in [0.25, 0.3) is 5.82 Å². The monoisotopic (exact) mass is 255 g/mol. The van der Waals surface area contributed by atoms with Crippen LogP contribution in [0.1, 0.15) is 0 Å². The molecule has 3 aromatic rings. The molecule has 0 amide bonds. The average Bonchev–Trinajstić information content (AvgIpc) is 2.87. The predicted molar refractivity (Wildman–Crippen MR) is 66.4 cm³/mol. The van der Waals surface area contributed by atoms with E-state index in [0.29, 0.717) is 11.6 Å². The predicted octanol–water partition coefficient (Wildman–Crippen LogP) is 2.01. The molecule has 0 bridgehead atoms. The van der Waals surface area contributed by atoms with Crippen LogP contribution in [0, 0.1) is 0 Å². The maximum absolute atomic E-state index is 11.0. The molecule has 94 valence electrons. The van der Waals surface area contributed by atoms with Gasteiger partial charge < -0.3 is 9.26 Å². The van der Waals surface area contributed by atoms with Gasteiger partial charge >= 0.3 is 11.6 Å². The number of hydrogen-bond donors (Lipinski definition) is 0. The standard InChI is InChI=1S/C13H9N3O3/c17-12-7-9-16(19-12)11-6-8-14-13(15-11)18-10-4-2-1-3-5-10/h1-9H. The summed E-state index contributed by atoms with van der Waals surface area (Å²) >= 11 is 0. The third-order valence-electron chi connectivity index (χ3n) is 2.33. The first-order valence-corrected chi connectivity index (χ1v) is 5.56. The highest BCUT2D eigenvalue weighted by atomic mass is 16.5. The van der Waals surface area contributed by atoms with Gasteiger partial charge in [0.25, 0.3) is 0 Å². The fourth-order valence-electron chi connectivity index (χ4n) is 1.51. The summed E-state index contributed by atoms with van der Waals surface area (Å²) in [5.74, 6) is 1.05. The molecule has 3 rings (SSSR count). The van der Waals surface area contributed by atoms with Crippen LogP contribution >= 0.6 is 0 Å². The van der Waals surface area contributed by atoms with E-state index in [-0.39, 0.29) is 6.01 Å². The smallest absolute Gasteiger partial charge is 0.358 e.